The maximum Gasteiger partial charge on any atom is 0.250 e. The first-order valence-electron chi connectivity index (χ1n) is 7.27. The van der Waals surface area contributed by atoms with E-state index in [2.05, 4.69) is 5.32 Å². The van der Waals surface area contributed by atoms with Gasteiger partial charge in [-0.3, -0.25) is 14.5 Å². The van der Waals surface area contributed by atoms with Crippen LogP contribution in [0, 0.1) is 5.92 Å². The van der Waals surface area contributed by atoms with Crippen LogP contribution in [0.1, 0.15) is 27.2 Å². The minimum atomic E-state index is -0.447. The fourth-order valence-electron chi connectivity index (χ4n) is 2.67. The summed E-state index contributed by atoms with van der Waals surface area (Å²) in [6.07, 6.45) is 2.60. The van der Waals surface area contributed by atoms with Crippen LogP contribution in [0.2, 0.25) is 0 Å². The average molecular weight is 306 g/mol. The smallest absolute Gasteiger partial charge is 0.250 e. The fraction of sp³-hybridized carbons (Fsp3) is 0.500. The molecule has 114 valence electrons. The second-order valence-electron chi connectivity index (χ2n) is 5.57. The molecule has 1 fully saturated rings. The zero-order chi connectivity index (χ0) is 15.6. The van der Waals surface area contributed by atoms with Crippen molar-refractivity contribution in [2.75, 3.05) is 11.2 Å². The van der Waals surface area contributed by atoms with Crippen molar-refractivity contribution in [3.8, 4) is 0 Å². The Hall–Kier alpha value is -1.49. The number of nitrogens with zero attached hydrogens (tertiary/aromatic N) is 1. The maximum atomic E-state index is 12.7. The Kier molecular flexibility index (Phi) is 4.93. The lowest BCUT2D eigenvalue weighted by Gasteiger charge is -2.40. The number of hydrogen-bond donors (Lipinski definition) is 1. The third kappa shape index (κ3) is 3.07. The van der Waals surface area contributed by atoms with E-state index < -0.39 is 12.1 Å². The van der Waals surface area contributed by atoms with Gasteiger partial charge in [0.2, 0.25) is 11.8 Å². The molecule has 2 atom stereocenters. The molecule has 0 aromatic heterocycles. The number of carbonyl (C=O) groups excluding carboxylic acids is 2. The van der Waals surface area contributed by atoms with Crippen LogP contribution < -0.4 is 10.2 Å². The van der Waals surface area contributed by atoms with Crippen LogP contribution in [-0.4, -0.2) is 30.2 Å². The van der Waals surface area contributed by atoms with Crippen molar-refractivity contribution in [1.29, 1.82) is 0 Å². The van der Waals surface area contributed by atoms with Gasteiger partial charge in [0.05, 0.1) is 0 Å². The minimum absolute atomic E-state index is 0.0194. The van der Waals surface area contributed by atoms with Crippen molar-refractivity contribution in [2.24, 2.45) is 5.92 Å². The molecular formula is C16H22N2O2S. The average Bonchev–Trinajstić information content (AvgIpc) is 2.48. The zero-order valence-electron chi connectivity index (χ0n) is 12.9. The normalized spacial score (nSPS) is 22.6. The van der Waals surface area contributed by atoms with Crippen LogP contribution in [0.3, 0.4) is 0 Å². The third-order valence-electron chi connectivity index (χ3n) is 3.77. The largest absolute Gasteiger partial charge is 0.342 e. The molecule has 1 aromatic carbocycles. The van der Waals surface area contributed by atoms with Crippen LogP contribution >= 0.6 is 11.8 Å². The van der Waals surface area contributed by atoms with E-state index in [1.807, 2.05) is 51.3 Å². The van der Waals surface area contributed by atoms with E-state index in [9.17, 15) is 9.59 Å². The predicted octanol–water partition coefficient (Wildman–Crippen LogP) is 2.67. The van der Waals surface area contributed by atoms with Crippen LogP contribution in [0.5, 0.6) is 0 Å². The van der Waals surface area contributed by atoms with Gasteiger partial charge in [-0.1, -0.05) is 26.8 Å². The standard InChI is InChI=1S/C16H22N2O2S/c1-5-13-16(20)18(14(10(2)3)15(19)17-13)11-7-6-8-12(9-11)21-4/h6-10,13-14H,5H2,1-4H3,(H,17,19). The fourth-order valence-corrected chi connectivity index (χ4v) is 3.12. The highest BCUT2D eigenvalue weighted by Gasteiger charge is 2.42. The lowest BCUT2D eigenvalue weighted by Crippen LogP contribution is -2.65. The summed E-state index contributed by atoms with van der Waals surface area (Å²) in [7, 11) is 0. The second-order valence-corrected chi connectivity index (χ2v) is 6.45. The third-order valence-corrected chi connectivity index (χ3v) is 4.50. The van der Waals surface area contributed by atoms with Crippen molar-refractivity contribution >= 4 is 29.3 Å². The molecule has 5 heteroatoms. The zero-order valence-corrected chi connectivity index (χ0v) is 13.7. The molecule has 21 heavy (non-hydrogen) atoms. The van der Waals surface area contributed by atoms with Gasteiger partial charge in [0.15, 0.2) is 0 Å². The highest BCUT2D eigenvalue weighted by Crippen LogP contribution is 2.29. The molecule has 1 N–H and O–H groups in total. The molecule has 1 aromatic rings. The molecule has 0 aliphatic carbocycles. The van der Waals surface area contributed by atoms with Crippen LogP contribution in [0.4, 0.5) is 5.69 Å². The molecule has 1 aliphatic heterocycles. The summed E-state index contributed by atoms with van der Waals surface area (Å²) in [5, 5.41) is 2.84. The van der Waals surface area contributed by atoms with Crippen LogP contribution in [-0.2, 0) is 9.59 Å². The maximum absolute atomic E-state index is 12.7. The molecule has 0 radical (unpaired) electrons. The van der Waals surface area contributed by atoms with E-state index in [0.717, 1.165) is 10.6 Å². The van der Waals surface area contributed by atoms with Gasteiger partial charge in [-0.2, -0.15) is 0 Å². The number of carbonyl (C=O) groups is 2. The van der Waals surface area contributed by atoms with E-state index in [1.54, 1.807) is 16.7 Å². The number of anilines is 1. The molecule has 1 heterocycles. The van der Waals surface area contributed by atoms with Gasteiger partial charge in [-0.05, 0) is 36.8 Å². The summed E-state index contributed by atoms with van der Waals surface area (Å²) in [6, 6.07) is 6.94. The van der Waals surface area contributed by atoms with Gasteiger partial charge >= 0.3 is 0 Å². The summed E-state index contributed by atoms with van der Waals surface area (Å²) in [6.45, 7) is 5.85. The van der Waals surface area contributed by atoms with Crippen LogP contribution in [0.15, 0.2) is 29.2 Å². The van der Waals surface area contributed by atoms with Gasteiger partial charge in [-0.15, -0.1) is 11.8 Å². The Morgan fingerprint density at radius 2 is 2.05 bits per heavy atom. The Morgan fingerprint density at radius 3 is 2.62 bits per heavy atom. The summed E-state index contributed by atoms with van der Waals surface area (Å²) in [4.78, 5) is 27.9. The molecular weight excluding hydrogens is 284 g/mol. The number of benzene rings is 1. The molecule has 1 saturated heterocycles. The van der Waals surface area contributed by atoms with Gasteiger partial charge in [0, 0.05) is 10.6 Å². The first-order valence-corrected chi connectivity index (χ1v) is 8.49. The van der Waals surface area contributed by atoms with Gasteiger partial charge in [-0.25, -0.2) is 0 Å². The Bertz CT molecular complexity index is 545. The SMILES string of the molecule is CCC1NC(=O)C(C(C)C)N(c2cccc(SC)c2)C1=O. The first-order chi connectivity index (χ1) is 9.99. The van der Waals surface area contributed by atoms with Gasteiger partial charge < -0.3 is 5.32 Å². The lowest BCUT2D eigenvalue weighted by molar-refractivity contribution is -0.134. The number of rotatable bonds is 4. The molecule has 1 aliphatic rings. The predicted molar refractivity (Wildman–Crippen MR) is 86.6 cm³/mol. The summed E-state index contributed by atoms with van der Waals surface area (Å²) < 4.78 is 0. The quantitative estimate of drug-likeness (QED) is 0.870. The molecule has 2 rings (SSSR count). The van der Waals surface area contributed by atoms with Gasteiger partial charge in [0.1, 0.15) is 12.1 Å². The second kappa shape index (κ2) is 6.52. The highest BCUT2D eigenvalue weighted by molar-refractivity contribution is 7.98. The lowest BCUT2D eigenvalue weighted by atomic mass is 9.95. The molecule has 0 spiro atoms. The van der Waals surface area contributed by atoms with E-state index in [0.29, 0.717) is 6.42 Å². The van der Waals surface area contributed by atoms with E-state index in [4.69, 9.17) is 0 Å². The monoisotopic (exact) mass is 306 g/mol. The topological polar surface area (TPSA) is 49.4 Å². The van der Waals surface area contributed by atoms with E-state index in [-0.39, 0.29) is 17.7 Å². The van der Waals surface area contributed by atoms with Crippen molar-refractivity contribution in [3.63, 3.8) is 0 Å². The van der Waals surface area contributed by atoms with Crippen molar-refractivity contribution < 1.29 is 9.59 Å². The molecule has 0 bridgehead atoms. The number of nitrogens with one attached hydrogen (secondary N) is 1. The molecule has 0 saturated carbocycles. The Morgan fingerprint density at radius 1 is 1.33 bits per heavy atom. The first kappa shape index (κ1) is 15.9. The highest BCUT2D eigenvalue weighted by atomic mass is 32.2. The van der Waals surface area contributed by atoms with Crippen molar-refractivity contribution in [1.82, 2.24) is 5.32 Å². The number of amides is 2. The molecule has 4 nitrogen and oxygen atoms in total. The number of piperazine rings is 1. The summed E-state index contributed by atoms with van der Waals surface area (Å²) in [5.74, 6) is -0.0234. The Labute approximate surface area is 130 Å². The number of hydrogen-bond acceptors (Lipinski definition) is 3. The van der Waals surface area contributed by atoms with Crippen molar-refractivity contribution in [3.05, 3.63) is 24.3 Å². The van der Waals surface area contributed by atoms with E-state index >= 15 is 0 Å². The molecule has 2 unspecified atom stereocenters. The summed E-state index contributed by atoms with van der Waals surface area (Å²) in [5.41, 5.74) is 0.804. The van der Waals surface area contributed by atoms with Crippen molar-refractivity contribution in [2.45, 2.75) is 44.2 Å². The number of thioether (sulfide) groups is 1. The molecule has 2 amide bonds. The van der Waals surface area contributed by atoms with E-state index in [1.165, 1.54) is 0 Å². The minimum Gasteiger partial charge on any atom is -0.342 e. The Balaban J connectivity index is 2.46. The summed E-state index contributed by atoms with van der Waals surface area (Å²) >= 11 is 1.63. The van der Waals surface area contributed by atoms with Crippen LogP contribution in [0.25, 0.3) is 0 Å². The van der Waals surface area contributed by atoms with Gasteiger partial charge in [0.25, 0.3) is 0 Å².